The molecular formula is C27H26N4O5. The summed E-state index contributed by atoms with van der Waals surface area (Å²) in [7, 11) is 1.32. The van der Waals surface area contributed by atoms with Crippen LogP contribution in [0.25, 0.3) is 0 Å². The first-order valence-corrected chi connectivity index (χ1v) is 11.4. The molecule has 9 heteroatoms. The predicted octanol–water partition coefficient (Wildman–Crippen LogP) is 3.53. The SMILES string of the molecule is CCn1c(=O)[nH]/c(=N\c2ccc(Oc3cccc(C(=O)OC)c3)cc2)n(Cc2ccc(C)cc2)c1=O. The zero-order valence-corrected chi connectivity index (χ0v) is 20.2. The van der Waals surface area contributed by atoms with Crippen LogP contribution >= 0.6 is 0 Å². The molecule has 1 N–H and O–H groups in total. The van der Waals surface area contributed by atoms with Gasteiger partial charge in [-0.05, 0) is 61.9 Å². The van der Waals surface area contributed by atoms with Gasteiger partial charge in [0, 0.05) is 6.54 Å². The zero-order chi connectivity index (χ0) is 25.7. The van der Waals surface area contributed by atoms with E-state index in [1.807, 2.05) is 31.2 Å². The number of aromatic amines is 1. The summed E-state index contributed by atoms with van der Waals surface area (Å²) in [5, 5.41) is 0. The van der Waals surface area contributed by atoms with Gasteiger partial charge in [-0.2, -0.15) is 0 Å². The van der Waals surface area contributed by atoms with Crippen LogP contribution in [0.15, 0.2) is 87.4 Å². The fourth-order valence-electron chi connectivity index (χ4n) is 3.59. The predicted molar refractivity (Wildman–Crippen MR) is 135 cm³/mol. The second-order valence-electron chi connectivity index (χ2n) is 8.08. The van der Waals surface area contributed by atoms with Gasteiger partial charge in [0.25, 0.3) is 0 Å². The molecule has 9 nitrogen and oxygen atoms in total. The summed E-state index contributed by atoms with van der Waals surface area (Å²) < 4.78 is 13.1. The first-order valence-electron chi connectivity index (χ1n) is 11.4. The maximum atomic E-state index is 13.1. The van der Waals surface area contributed by atoms with Crippen molar-refractivity contribution in [2.24, 2.45) is 4.99 Å². The van der Waals surface area contributed by atoms with E-state index in [9.17, 15) is 14.4 Å². The van der Waals surface area contributed by atoms with Crippen LogP contribution in [0, 0.1) is 6.92 Å². The van der Waals surface area contributed by atoms with Crippen molar-refractivity contribution in [1.82, 2.24) is 14.1 Å². The Morgan fingerprint density at radius 1 is 0.944 bits per heavy atom. The van der Waals surface area contributed by atoms with E-state index in [4.69, 9.17) is 9.47 Å². The molecule has 0 bridgehead atoms. The lowest BCUT2D eigenvalue weighted by Gasteiger charge is -2.10. The molecule has 4 rings (SSSR count). The van der Waals surface area contributed by atoms with E-state index in [1.165, 1.54) is 11.7 Å². The minimum Gasteiger partial charge on any atom is -0.465 e. The number of aromatic nitrogens is 3. The third kappa shape index (κ3) is 5.52. The van der Waals surface area contributed by atoms with E-state index in [1.54, 1.807) is 55.5 Å². The molecule has 0 unspecified atom stereocenters. The van der Waals surface area contributed by atoms with Gasteiger partial charge in [0.15, 0.2) is 0 Å². The van der Waals surface area contributed by atoms with Gasteiger partial charge in [0.2, 0.25) is 5.62 Å². The van der Waals surface area contributed by atoms with Crippen molar-refractivity contribution < 1.29 is 14.3 Å². The summed E-state index contributed by atoms with van der Waals surface area (Å²) in [6.45, 7) is 4.23. The van der Waals surface area contributed by atoms with E-state index in [0.29, 0.717) is 22.7 Å². The molecule has 0 aliphatic rings. The molecule has 1 aromatic heterocycles. The van der Waals surface area contributed by atoms with Crippen molar-refractivity contribution in [3.05, 3.63) is 116 Å². The smallest absolute Gasteiger partial charge is 0.337 e. The maximum Gasteiger partial charge on any atom is 0.337 e. The highest BCUT2D eigenvalue weighted by atomic mass is 16.5. The lowest BCUT2D eigenvalue weighted by Crippen LogP contribution is -2.49. The van der Waals surface area contributed by atoms with Crippen LogP contribution in [0.1, 0.15) is 28.4 Å². The second kappa shape index (κ2) is 10.7. The van der Waals surface area contributed by atoms with Crippen molar-refractivity contribution in [3.63, 3.8) is 0 Å². The highest BCUT2D eigenvalue weighted by Gasteiger charge is 2.10. The Balaban J connectivity index is 1.66. The van der Waals surface area contributed by atoms with Gasteiger partial charge in [0.05, 0.1) is 24.9 Å². The first-order chi connectivity index (χ1) is 17.4. The van der Waals surface area contributed by atoms with E-state index >= 15 is 0 Å². The number of aryl methyl sites for hydroxylation is 1. The Bertz CT molecular complexity index is 1560. The van der Waals surface area contributed by atoms with E-state index < -0.39 is 17.3 Å². The Hall–Kier alpha value is -4.66. The van der Waals surface area contributed by atoms with Crippen LogP contribution in [0.4, 0.5) is 5.69 Å². The molecule has 0 spiro atoms. The second-order valence-corrected chi connectivity index (χ2v) is 8.08. The molecule has 3 aromatic carbocycles. The van der Waals surface area contributed by atoms with Crippen molar-refractivity contribution in [2.45, 2.75) is 26.9 Å². The van der Waals surface area contributed by atoms with Crippen LogP contribution in [0.5, 0.6) is 11.5 Å². The van der Waals surface area contributed by atoms with Gasteiger partial charge in [-0.15, -0.1) is 0 Å². The number of benzene rings is 3. The molecule has 1 heterocycles. The van der Waals surface area contributed by atoms with Crippen molar-refractivity contribution >= 4 is 11.7 Å². The van der Waals surface area contributed by atoms with Crippen LogP contribution in [0.2, 0.25) is 0 Å². The number of esters is 1. The molecule has 0 amide bonds. The molecule has 0 radical (unpaired) electrons. The topological polar surface area (TPSA) is 108 Å². The monoisotopic (exact) mass is 486 g/mol. The van der Waals surface area contributed by atoms with E-state index in [2.05, 4.69) is 9.98 Å². The average Bonchev–Trinajstić information content (AvgIpc) is 2.88. The number of methoxy groups -OCH3 is 1. The third-order valence-corrected chi connectivity index (χ3v) is 5.52. The molecule has 0 atom stereocenters. The lowest BCUT2D eigenvalue weighted by atomic mass is 10.1. The van der Waals surface area contributed by atoms with Crippen LogP contribution in [-0.2, 0) is 17.8 Å². The van der Waals surface area contributed by atoms with Crippen LogP contribution < -0.4 is 21.7 Å². The summed E-state index contributed by atoms with van der Waals surface area (Å²) in [5.74, 6) is 0.553. The Kier molecular flexibility index (Phi) is 7.29. The highest BCUT2D eigenvalue weighted by molar-refractivity contribution is 5.89. The molecule has 0 aliphatic carbocycles. The molecule has 4 aromatic rings. The molecule has 0 saturated carbocycles. The zero-order valence-electron chi connectivity index (χ0n) is 20.2. The van der Waals surface area contributed by atoms with Crippen LogP contribution in [0.3, 0.4) is 0 Å². The first kappa shape index (κ1) is 24.5. The number of carbonyl (C=O) groups excluding carboxylic acids is 1. The Labute approximate surface area is 206 Å². The van der Waals surface area contributed by atoms with Crippen LogP contribution in [-0.4, -0.2) is 27.2 Å². The summed E-state index contributed by atoms with van der Waals surface area (Å²) >= 11 is 0. The minimum absolute atomic E-state index is 0.148. The van der Waals surface area contributed by atoms with Gasteiger partial charge in [-0.3, -0.25) is 9.55 Å². The molecule has 36 heavy (non-hydrogen) atoms. The van der Waals surface area contributed by atoms with Crippen molar-refractivity contribution in [2.75, 3.05) is 7.11 Å². The quantitative estimate of drug-likeness (QED) is 0.402. The largest absolute Gasteiger partial charge is 0.465 e. The van der Waals surface area contributed by atoms with E-state index in [0.717, 1.165) is 15.7 Å². The molecular weight excluding hydrogens is 460 g/mol. The Morgan fingerprint density at radius 3 is 2.33 bits per heavy atom. The highest BCUT2D eigenvalue weighted by Crippen LogP contribution is 2.24. The normalized spacial score (nSPS) is 11.4. The molecule has 184 valence electrons. The number of H-pyrrole nitrogens is 1. The van der Waals surface area contributed by atoms with Crippen molar-refractivity contribution in [3.8, 4) is 11.5 Å². The van der Waals surface area contributed by atoms with E-state index in [-0.39, 0.29) is 18.7 Å². The number of ether oxygens (including phenoxy) is 2. The summed E-state index contributed by atoms with van der Waals surface area (Å²) in [5.41, 5.74) is 2.11. The number of nitrogens with zero attached hydrogens (tertiary/aromatic N) is 3. The van der Waals surface area contributed by atoms with Gasteiger partial charge in [-0.1, -0.05) is 35.9 Å². The lowest BCUT2D eigenvalue weighted by molar-refractivity contribution is 0.0600. The number of hydrogen-bond acceptors (Lipinski definition) is 6. The molecule has 0 aliphatic heterocycles. The molecule has 0 saturated heterocycles. The average molecular weight is 487 g/mol. The number of nitrogens with one attached hydrogen (secondary N) is 1. The van der Waals surface area contributed by atoms with Crippen molar-refractivity contribution in [1.29, 1.82) is 0 Å². The fraction of sp³-hybridized carbons (Fsp3) is 0.185. The summed E-state index contributed by atoms with van der Waals surface area (Å²) in [4.78, 5) is 44.5. The fourth-order valence-corrected chi connectivity index (χ4v) is 3.59. The number of hydrogen-bond donors (Lipinski definition) is 1. The summed E-state index contributed by atoms with van der Waals surface area (Å²) in [6, 6.07) is 21.3. The number of carbonyl (C=O) groups is 1. The maximum absolute atomic E-state index is 13.1. The molecule has 0 fully saturated rings. The van der Waals surface area contributed by atoms with Gasteiger partial charge in [-0.25, -0.2) is 23.9 Å². The summed E-state index contributed by atoms with van der Waals surface area (Å²) in [6.07, 6.45) is 0. The van der Waals surface area contributed by atoms with Gasteiger partial charge in [0.1, 0.15) is 11.5 Å². The number of rotatable bonds is 7. The van der Waals surface area contributed by atoms with Gasteiger partial charge >= 0.3 is 17.3 Å². The minimum atomic E-state index is -0.521. The Morgan fingerprint density at radius 2 is 1.67 bits per heavy atom. The third-order valence-electron chi connectivity index (χ3n) is 5.52. The van der Waals surface area contributed by atoms with Gasteiger partial charge < -0.3 is 9.47 Å². The standard InChI is InChI=1S/C27H26N4O5/c1-4-30-26(33)29-25(31(27(30)34)17-19-10-8-18(2)9-11-19)28-21-12-14-22(15-13-21)36-23-7-5-6-20(16-23)24(32)35-3/h5-16H,4,17H2,1-3H3,(H,28,29,33).